The number of rotatable bonds is 9. The van der Waals surface area contributed by atoms with Crippen LogP contribution in [0.3, 0.4) is 0 Å². The Hall–Kier alpha value is -2.70. The molecule has 0 unspecified atom stereocenters. The minimum absolute atomic E-state index is 0. The predicted octanol–water partition coefficient (Wildman–Crippen LogP) is 11.2. The molecule has 1 radical (unpaired) electrons. The summed E-state index contributed by atoms with van der Waals surface area (Å²) in [7, 11) is -1.37. The number of aliphatic hydroxyl groups is 1. The number of allylic oxidation sites excluding steroid dienone is 2. The molecule has 1 N–H and O–H groups in total. The van der Waals surface area contributed by atoms with E-state index in [1.807, 2.05) is 39.0 Å². The van der Waals surface area contributed by atoms with Crippen molar-refractivity contribution in [2.24, 2.45) is 11.8 Å². The van der Waals surface area contributed by atoms with Gasteiger partial charge in [0.2, 0.25) is 0 Å². The van der Waals surface area contributed by atoms with Crippen LogP contribution in [0.15, 0.2) is 66.7 Å². The van der Waals surface area contributed by atoms with Gasteiger partial charge in [-0.25, -0.2) is 4.98 Å². The number of carbonyl (C=O) groups excluding carboxylic acids is 1. The third-order valence-corrected chi connectivity index (χ3v) is 12.2. The second-order valence-electron chi connectivity index (χ2n) is 14.4. The smallest absolute Gasteiger partial charge is 0.162 e. The standard InChI is InChI=1S/C27H27N2SSi.C13H24O2.Ir/c1-27(2,3)22-14-18(13-17-9-7-8-10-20(17)22)24-26-25(29-16-28-24)21-12-11-19(31(4,5)6)15-23(21)30-26;1-5-10(6-2)12(14)9-13(15)11(7-3)8-4;/h7-12,14-16H,1-6H3;9-11,14H,5-8H2,1-4H3;/q-1;;/b;12-9-;. The molecule has 47 heavy (non-hydrogen) atoms. The fourth-order valence-corrected chi connectivity index (χ4v) is 8.46. The molecule has 0 saturated carbocycles. The maximum Gasteiger partial charge on any atom is 0.162 e. The number of nitrogens with zero attached hydrogens (tertiary/aromatic N) is 2. The summed E-state index contributed by atoms with van der Waals surface area (Å²) in [5, 5.41) is 14.9. The van der Waals surface area contributed by atoms with Crippen LogP contribution in [0.25, 0.3) is 42.3 Å². The van der Waals surface area contributed by atoms with Gasteiger partial charge >= 0.3 is 0 Å². The molecule has 253 valence electrons. The van der Waals surface area contributed by atoms with Gasteiger partial charge in [0, 0.05) is 58.5 Å². The van der Waals surface area contributed by atoms with Crippen LogP contribution in [0.2, 0.25) is 19.6 Å². The number of hydrogen-bond donors (Lipinski definition) is 1. The van der Waals surface area contributed by atoms with E-state index in [1.165, 1.54) is 32.3 Å². The molecule has 5 rings (SSSR count). The van der Waals surface area contributed by atoms with E-state index in [1.54, 1.807) is 6.33 Å². The molecule has 0 aliphatic carbocycles. The van der Waals surface area contributed by atoms with Gasteiger partial charge in [-0.15, -0.1) is 40.5 Å². The molecule has 5 aromatic rings. The molecule has 0 amide bonds. The fraction of sp³-hybridized carbons (Fsp3) is 0.425. The molecular weight excluding hydrogens is 793 g/mol. The summed E-state index contributed by atoms with van der Waals surface area (Å²) >= 11 is 1.81. The van der Waals surface area contributed by atoms with Gasteiger partial charge in [0.1, 0.15) is 6.33 Å². The Morgan fingerprint density at radius 2 is 1.55 bits per heavy atom. The third-order valence-electron chi connectivity index (χ3n) is 9.04. The Balaban J connectivity index is 0.000000322. The first-order valence-electron chi connectivity index (χ1n) is 16.8. The van der Waals surface area contributed by atoms with Crippen LogP contribution in [0.1, 0.15) is 79.7 Å². The van der Waals surface area contributed by atoms with Gasteiger partial charge in [0.25, 0.3) is 0 Å². The molecular formula is C40H51IrN2O2SSi-. The van der Waals surface area contributed by atoms with Crippen molar-refractivity contribution in [2.45, 2.75) is 99.2 Å². The molecule has 0 atom stereocenters. The van der Waals surface area contributed by atoms with Crippen LogP contribution >= 0.6 is 11.3 Å². The van der Waals surface area contributed by atoms with E-state index in [0.717, 1.165) is 52.5 Å². The molecule has 0 spiro atoms. The Morgan fingerprint density at radius 1 is 0.915 bits per heavy atom. The first-order valence-corrected chi connectivity index (χ1v) is 21.1. The van der Waals surface area contributed by atoms with Gasteiger partial charge in [-0.2, -0.15) is 0 Å². The van der Waals surface area contributed by atoms with Crippen molar-refractivity contribution in [3.63, 3.8) is 0 Å². The molecule has 0 saturated heterocycles. The normalized spacial score (nSPS) is 12.5. The van der Waals surface area contributed by atoms with Crippen molar-refractivity contribution in [1.82, 2.24) is 9.97 Å². The van der Waals surface area contributed by atoms with E-state index in [0.29, 0.717) is 0 Å². The first-order chi connectivity index (χ1) is 21.7. The van der Waals surface area contributed by atoms with Gasteiger partial charge in [0.05, 0.1) is 19.3 Å². The van der Waals surface area contributed by atoms with Crippen molar-refractivity contribution in [3.05, 3.63) is 78.3 Å². The first kappa shape index (κ1) is 38.7. The maximum absolute atomic E-state index is 11.7. The van der Waals surface area contributed by atoms with E-state index >= 15 is 0 Å². The third kappa shape index (κ3) is 8.86. The second-order valence-corrected chi connectivity index (χ2v) is 20.5. The number of fused-ring (bicyclic) bond motifs is 4. The van der Waals surface area contributed by atoms with E-state index < -0.39 is 8.07 Å². The average Bonchev–Trinajstić information content (AvgIpc) is 3.39. The molecule has 7 heteroatoms. The van der Waals surface area contributed by atoms with Crippen LogP contribution in [0.4, 0.5) is 0 Å². The Morgan fingerprint density at radius 3 is 2.15 bits per heavy atom. The monoisotopic (exact) mass is 844 g/mol. The summed E-state index contributed by atoms with van der Waals surface area (Å²) in [5.74, 6) is 0.547. The molecule has 0 bridgehead atoms. The van der Waals surface area contributed by atoms with Crippen molar-refractivity contribution in [2.75, 3.05) is 0 Å². The zero-order valence-corrected chi connectivity index (χ0v) is 34.0. The van der Waals surface area contributed by atoms with E-state index in [-0.39, 0.29) is 48.9 Å². The zero-order chi connectivity index (χ0) is 33.8. The predicted molar refractivity (Wildman–Crippen MR) is 202 cm³/mol. The number of benzene rings is 3. The van der Waals surface area contributed by atoms with Crippen LogP contribution in [-0.4, -0.2) is 28.9 Å². The van der Waals surface area contributed by atoms with Gasteiger partial charge in [-0.1, -0.05) is 115 Å². The van der Waals surface area contributed by atoms with Crippen molar-refractivity contribution in [3.8, 4) is 11.3 Å². The summed E-state index contributed by atoms with van der Waals surface area (Å²) in [4.78, 5) is 21.1. The van der Waals surface area contributed by atoms with Crippen molar-refractivity contribution in [1.29, 1.82) is 0 Å². The molecule has 0 aliphatic rings. The molecule has 2 heterocycles. The van der Waals surface area contributed by atoms with E-state index in [9.17, 15) is 9.90 Å². The number of aromatic nitrogens is 2. The minimum Gasteiger partial charge on any atom is -0.512 e. The molecule has 4 nitrogen and oxygen atoms in total. The molecule has 0 fully saturated rings. The zero-order valence-electron chi connectivity index (χ0n) is 29.7. The Bertz CT molecular complexity index is 1860. The number of carbonyl (C=O) groups is 1. The number of aliphatic hydroxyl groups excluding tert-OH is 1. The van der Waals surface area contributed by atoms with E-state index in [4.69, 9.17) is 4.98 Å². The van der Waals surface area contributed by atoms with Gasteiger partial charge in [0.15, 0.2) is 5.78 Å². The average molecular weight is 844 g/mol. The van der Waals surface area contributed by atoms with Gasteiger partial charge in [-0.05, 0) is 37.2 Å². The van der Waals surface area contributed by atoms with Gasteiger partial charge < -0.3 is 5.11 Å². The summed E-state index contributed by atoms with van der Waals surface area (Å²) in [6.45, 7) is 22.1. The topological polar surface area (TPSA) is 63.1 Å². The summed E-state index contributed by atoms with van der Waals surface area (Å²) < 4.78 is 2.45. The molecule has 3 aromatic carbocycles. The van der Waals surface area contributed by atoms with Crippen LogP contribution in [0, 0.1) is 17.9 Å². The largest absolute Gasteiger partial charge is 0.512 e. The Labute approximate surface area is 300 Å². The van der Waals surface area contributed by atoms with Crippen LogP contribution in [0.5, 0.6) is 0 Å². The SMILES string of the molecule is CC(C)(C)c1cc(-c2ncnc3c2sc2cc([Si](C)(C)C)ccc23)[c-]c2ccccc12.CCC(CC)C(=O)/C=C(\O)C(CC)CC.[Ir]. The summed E-state index contributed by atoms with van der Waals surface area (Å²) in [6.07, 6.45) is 6.61. The minimum atomic E-state index is -1.37. The maximum atomic E-state index is 11.7. The second kappa shape index (κ2) is 16.1. The van der Waals surface area contributed by atoms with Gasteiger partial charge in [-0.3, -0.25) is 9.78 Å². The number of hydrogen-bond acceptors (Lipinski definition) is 5. The number of ketones is 1. The van der Waals surface area contributed by atoms with E-state index in [2.05, 4.69) is 100.0 Å². The van der Waals surface area contributed by atoms with Crippen molar-refractivity contribution >= 4 is 61.5 Å². The molecule has 2 aromatic heterocycles. The summed E-state index contributed by atoms with van der Waals surface area (Å²) in [6, 6.07) is 21.4. The molecule has 0 aliphatic heterocycles. The van der Waals surface area contributed by atoms with Crippen molar-refractivity contribution < 1.29 is 30.0 Å². The number of thiophene rings is 1. The summed E-state index contributed by atoms with van der Waals surface area (Å²) in [5.41, 5.74) is 4.43. The quantitative estimate of drug-likeness (QED) is 0.0695. The fourth-order valence-electron chi connectivity index (χ4n) is 5.99. The van der Waals surface area contributed by atoms with Crippen LogP contribution in [-0.2, 0) is 30.3 Å². The Kier molecular flexibility index (Phi) is 13.3. The van der Waals surface area contributed by atoms with Crippen LogP contribution < -0.4 is 5.19 Å².